The summed E-state index contributed by atoms with van der Waals surface area (Å²) in [5.74, 6) is 3.66. The summed E-state index contributed by atoms with van der Waals surface area (Å²) in [5, 5.41) is 0. The second-order valence-electron chi connectivity index (χ2n) is 8.01. The van der Waals surface area contributed by atoms with Gasteiger partial charge < -0.3 is 9.80 Å². The maximum atomic E-state index is 2.76. The van der Waals surface area contributed by atoms with E-state index in [0.717, 1.165) is 29.7 Å². The van der Waals surface area contributed by atoms with Crippen LogP contribution in [0.3, 0.4) is 0 Å². The van der Waals surface area contributed by atoms with Crippen LogP contribution in [0, 0.1) is 23.7 Å². The third-order valence-corrected chi connectivity index (χ3v) is 5.81. The van der Waals surface area contributed by atoms with Crippen molar-refractivity contribution in [3.63, 3.8) is 0 Å². The van der Waals surface area contributed by atoms with E-state index in [4.69, 9.17) is 0 Å². The summed E-state index contributed by atoms with van der Waals surface area (Å²) in [6.45, 7) is 18.6. The van der Waals surface area contributed by atoms with Crippen LogP contribution in [0.25, 0.3) is 0 Å². The Hall–Kier alpha value is -0.0800. The second kappa shape index (κ2) is 7.26. The van der Waals surface area contributed by atoms with Crippen LogP contribution in [-0.4, -0.2) is 48.6 Å². The maximum absolute atomic E-state index is 2.76. The molecule has 0 N–H and O–H groups in total. The highest BCUT2D eigenvalue weighted by Crippen LogP contribution is 2.30. The van der Waals surface area contributed by atoms with Gasteiger partial charge in [-0.2, -0.15) is 0 Å². The van der Waals surface area contributed by atoms with Crippen molar-refractivity contribution in [1.82, 2.24) is 9.80 Å². The van der Waals surface area contributed by atoms with Gasteiger partial charge in [0, 0.05) is 19.1 Å². The minimum Gasteiger partial charge on any atom is -0.303 e. The SMILES string of the molecule is CC(C)[C@H]1CCN(CC2CCN(C(C)C)CC2)C[C@@H]1C. The number of hydrogen-bond acceptors (Lipinski definition) is 2. The van der Waals surface area contributed by atoms with E-state index in [2.05, 4.69) is 44.4 Å². The molecule has 118 valence electrons. The van der Waals surface area contributed by atoms with Crippen LogP contribution in [0.5, 0.6) is 0 Å². The Morgan fingerprint density at radius 1 is 0.950 bits per heavy atom. The van der Waals surface area contributed by atoms with Crippen LogP contribution in [0.15, 0.2) is 0 Å². The zero-order valence-corrected chi connectivity index (χ0v) is 14.4. The molecule has 20 heavy (non-hydrogen) atoms. The summed E-state index contributed by atoms with van der Waals surface area (Å²) in [4.78, 5) is 5.41. The van der Waals surface area contributed by atoms with E-state index in [-0.39, 0.29) is 0 Å². The molecule has 0 radical (unpaired) electrons. The molecule has 0 aromatic carbocycles. The normalized spacial score (nSPS) is 31.4. The molecule has 2 heterocycles. The fourth-order valence-corrected chi connectivity index (χ4v) is 4.42. The van der Waals surface area contributed by atoms with Crippen LogP contribution >= 0.6 is 0 Å². The third-order valence-electron chi connectivity index (χ3n) is 5.81. The summed E-state index contributed by atoms with van der Waals surface area (Å²) >= 11 is 0. The van der Waals surface area contributed by atoms with Crippen LogP contribution in [0.4, 0.5) is 0 Å². The fourth-order valence-electron chi connectivity index (χ4n) is 4.42. The molecule has 2 saturated heterocycles. The predicted molar refractivity (Wildman–Crippen MR) is 88.0 cm³/mol. The van der Waals surface area contributed by atoms with Gasteiger partial charge in [-0.1, -0.05) is 20.8 Å². The average molecular weight is 280 g/mol. The first kappa shape index (κ1) is 16.3. The van der Waals surface area contributed by atoms with Gasteiger partial charge in [0.15, 0.2) is 0 Å². The van der Waals surface area contributed by atoms with E-state index in [0.29, 0.717) is 0 Å². The summed E-state index contributed by atoms with van der Waals surface area (Å²) in [5.41, 5.74) is 0. The molecule has 0 aromatic heterocycles. The molecule has 2 heteroatoms. The average Bonchev–Trinajstić information content (AvgIpc) is 2.39. The number of likely N-dealkylation sites (tertiary alicyclic amines) is 2. The molecule has 0 aliphatic carbocycles. The Morgan fingerprint density at radius 3 is 2.10 bits per heavy atom. The molecule has 0 spiro atoms. The lowest BCUT2D eigenvalue weighted by Crippen LogP contribution is -2.45. The minimum absolute atomic E-state index is 0.734. The first-order valence-corrected chi connectivity index (χ1v) is 8.93. The molecule has 2 rings (SSSR count). The van der Waals surface area contributed by atoms with Gasteiger partial charge in [0.2, 0.25) is 0 Å². The summed E-state index contributed by atoms with van der Waals surface area (Å²) < 4.78 is 0. The summed E-state index contributed by atoms with van der Waals surface area (Å²) in [6.07, 6.45) is 4.25. The molecule has 2 aliphatic heterocycles. The lowest BCUT2D eigenvalue weighted by molar-refractivity contribution is 0.0687. The van der Waals surface area contributed by atoms with Gasteiger partial charge in [-0.05, 0) is 76.4 Å². The van der Waals surface area contributed by atoms with Crippen molar-refractivity contribution in [1.29, 1.82) is 0 Å². The van der Waals surface area contributed by atoms with E-state index in [1.807, 2.05) is 0 Å². The van der Waals surface area contributed by atoms with E-state index in [9.17, 15) is 0 Å². The largest absolute Gasteiger partial charge is 0.303 e. The van der Waals surface area contributed by atoms with Gasteiger partial charge in [-0.3, -0.25) is 0 Å². The first-order valence-electron chi connectivity index (χ1n) is 8.93. The Morgan fingerprint density at radius 2 is 1.60 bits per heavy atom. The molecule has 2 atom stereocenters. The topological polar surface area (TPSA) is 6.48 Å². The maximum Gasteiger partial charge on any atom is 0.00385 e. The smallest absolute Gasteiger partial charge is 0.00385 e. The highest BCUT2D eigenvalue weighted by atomic mass is 15.2. The number of nitrogens with zero attached hydrogens (tertiary/aromatic N) is 2. The minimum atomic E-state index is 0.734. The van der Waals surface area contributed by atoms with Gasteiger partial charge in [-0.15, -0.1) is 0 Å². The fraction of sp³-hybridized carbons (Fsp3) is 1.00. The Balaban J connectivity index is 1.73. The lowest BCUT2D eigenvalue weighted by Gasteiger charge is -2.42. The van der Waals surface area contributed by atoms with Crippen molar-refractivity contribution in [2.75, 3.05) is 32.7 Å². The number of rotatable bonds is 4. The van der Waals surface area contributed by atoms with Crippen LogP contribution in [0.2, 0.25) is 0 Å². The molecule has 0 unspecified atom stereocenters. The van der Waals surface area contributed by atoms with Gasteiger partial charge in [-0.25, -0.2) is 0 Å². The Bertz CT molecular complexity index is 279. The van der Waals surface area contributed by atoms with E-state index in [1.165, 1.54) is 52.0 Å². The van der Waals surface area contributed by atoms with Gasteiger partial charge in [0.25, 0.3) is 0 Å². The van der Waals surface area contributed by atoms with Crippen molar-refractivity contribution in [3.8, 4) is 0 Å². The van der Waals surface area contributed by atoms with Gasteiger partial charge in [0.1, 0.15) is 0 Å². The van der Waals surface area contributed by atoms with Crippen molar-refractivity contribution in [3.05, 3.63) is 0 Å². The molecule has 2 nitrogen and oxygen atoms in total. The van der Waals surface area contributed by atoms with Crippen molar-refractivity contribution in [2.45, 2.75) is 59.9 Å². The zero-order chi connectivity index (χ0) is 14.7. The second-order valence-corrected chi connectivity index (χ2v) is 8.01. The predicted octanol–water partition coefficient (Wildman–Crippen LogP) is 3.72. The quantitative estimate of drug-likeness (QED) is 0.774. The molecule has 0 amide bonds. The zero-order valence-electron chi connectivity index (χ0n) is 14.4. The molecule has 0 aromatic rings. The summed E-state index contributed by atoms with van der Waals surface area (Å²) in [6, 6.07) is 0.734. The third kappa shape index (κ3) is 4.21. The van der Waals surface area contributed by atoms with E-state index >= 15 is 0 Å². The van der Waals surface area contributed by atoms with Crippen molar-refractivity contribution >= 4 is 0 Å². The Labute approximate surface area is 126 Å². The number of hydrogen-bond donors (Lipinski definition) is 0. The monoisotopic (exact) mass is 280 g/mol. The molecule has 2 fully saturated rings. The molecular formula is C18H36N2. The molecule has 0 saturated carbocycles. The van der Waals surface area contributed by atoms with E-state index < -0.39 is 0 Å². The highest BCUT2D eigenvalue weighted by Gasteiger charge is 2.30. The molecule has 2 aliphatic rings. The van der Waals surface area contributed by atoms with Crippen LogP contribution in [-0.2, 0) is 0 Å². The van der Waals surface area contributed by atoms with Crippen molar-refractivity contribution < 1.29 is 0 Å². The van der Waals surface area contributed by atoms with Crippen LogP contribution in [0.1, 0.15) is 53.9 Å². The highest BCUT2D eigenvalue weighted by molar-refractivity contribution is 4.83. The molecule has 0 bridgehead atoms. The van der Waals surface area contributed by atoms with Gasteiger partial charge in [0.05, 0.1) is 0 Å². The van der Waals surface area contributed by atoms with Crippen molar-refractivity contribution in [2.24, 2.45) is 23.7 Å². The first-order chi connectivity index (χ1) is 9.47. The van der Waals surface area contributed by atoms with Crippen LogP contribution < -0.4 is 0 Å². The van der Waals surface area contributed by atoms with Gasteiger partial charge >= 0.3 is 0 Å². The van der Waals surface area contributed by atoms with E-state index in [1.54, 1.807) is 0 Å². The Kier molecular flexibility index (Phi) is 5.92. The standard InChI is InChI=1S/C18H36N2/c1-14(2)18-8-9-19(12-16(18)5)13-17-6-10-20(11-7-17)15(3)4/h14-18H,6-13H2,1-5H3/t16-,18+/m0/s1. The summed E-state index contributed by atoms with van der Waals surface area (Å²) in [7, 11) is 0. The molecular weight excluding hydrogens is 244 g/mol. The number of piperidine rings is 2. The lowest BCUT2D eigenvalue weighted by atomic mass is 9.79.